The van der Waals surface area contributed by atoms with Crippen molar-refractivity contribution in [1.29, 1.82) is 0 Å². The van der Waals surface area contributed by atoms with Crippen LogP contribution in [-0.2, 0) is 4.79 Å². The van der Waals surface area contributed by atoms with E-state index >= 15 is 0 Å². The van der Waals surface area contributed by atoms with Gasteiger partial charge in [0.25, 0.3) is 11.8 Å². The Balaban J connectivity index is 1.67. The number of carbonyl (C=O) groups is 2. The molecule has 160 valence electrons. The molecule has 0 bridgehead atoms. The summed E-state index contributed by atoms with van der Waals surface area (Å²) < 4.78 is 10.9. The number of anilines is 1. The molecule has 2 N–H and O–H groups in total. The minimum absolute atomic E-state index is 0.0505. The van der Waals surface area contributed by atoms with E-state index in [1.54, 1.807) is 52.6 Å². The van der Waals surface area contributed by atoms with Crippen LogP contribution in [0.15, 0.2) is 42.5 Å². The Morgan fingerprint density at radius 2 is 1.83 bits per heavy atom. The number of likely N-dealkylation sites (tertiary alicyclic amines) is 1. The molecule has 3 rings (SSSR count). The van der Waals surface area contributed by atoms with Gasteiger partial charge < -0.3 is 24.6 Å². The average Bonchev–Trinajstić information content (AvgIpc) is 3.20. The van der Waals surface area contributed by atoms with Crippen LogP contribution in [0.5, 0.6) is 11.5 Å². The molecule has 0 saturated carbocycles. The predicted octanol–water partition coefficient (Wildman–Crippen LogP) is 1.76. The molecule has 1 heterocycles. The minimum atomic E-state index is -0.0653. The summed E-state index contributed by atoms with van der Waals surface area (Å²) in [6, 6.07) is 13.0. The van der Waals surface area contributed by atoms with Crippen LogP contribution in [0.1, 0.15) is 34.8 Å². The predicted molar refractivity (Wildman–Crippen MR) is 115 cm³/mol. The highest BCUT2D eigenvalue weighted by atomic mass is 16.5. The van der Waals surface area contributed by atoms with Crippen molar-refractivity contribution in [3.63, 3.8) is 0 Å². The van der Waals surface area contributed by atoms with E-state index in [1.807, 2.05) is 18.2 Å². The monoisotopic (exact) mass is 412 g/mol. The maximum atomic E-state index is 12.7. The number of carbonyl (C=O) groups excluding carboxylic acids is 2. The third-order valence-electron chi connectivity index (χ3n) is 5.51. The maximum absolute atomic E-state index is 12.7. The van der Waals surface area contributed by atoms with Crippen LogP contribution >= 0.6 is 0 Å². The van der Waals surface area contributed by atoms with Crippen LogP contribution in [0, 0.1) is 0 Å². The van der Waals surface area contributed by atoms with Crippen LogP contribution in [0.2, 0.25) is 0 Å². The van der Waals surface area contributed by atoms with Crippen LogP contribution in [0.4, 0.5) is 5.69 Å². The molecule has 1 unspecified atom stereocenters. The molecule has 0 aromatic heterocycles. The Kier molecular flexibility index (Phi) is 6.95. The number of methoxy groups -OCH3 is 2. The number of amides is 2. The van der Waals surface area contributed by atoms with Crippen molar-refractivity contribution in [3.05, 3.63) is 53.6 Å². The lowest BCUT2D eigenvalue weighted by atomic mass is 10.0. The fourth-order valence-electron chi connectivity index (χ4n) is 3.98. The Bertz CT molecular complexity index is 896. The van der Waals surface area contributed by atoms with Crippen LogP contribution in [-0.4, -0.2) is 58.1 Å². The number of quaternary nitrogens is 1. The van der Waals surface area contributed by atoms with Crippen LogP contribution in [0.25, 0.3) is 0 Å². The van der Waals surface area contributed by atoms with Gasteiger partial charge in [0.15, 0.2) is 6.54 Å². The molecule has 7 heteroatoms. The quantitative estimate of drug-likeness (QED) is 0.727. The van der Waals surface area contributed by atoms with Crippen molar-refractivity contribution in [2.45, 2.75) is 18.9 Å². The summed E-state index contributed by atoms with van der Waals surface area (Å²) in [7, 11) is 6.74. The van der Waals surface area contributed by atoms with E-state index in [2.05, 4.69) is 5.32 Å². The second-order valence-electron chi connectivity index (χ2n) is 7.71. The highest BCUT2D eigenvalue weighted by Crippen LogP contribution is 2.31. The molecule has 0 radical (unpaired) electrons. The number of hydrogen-bond acceptors (Lipinski definition) is 4. The lowest BCUT2D eigenvalue weighted by molar-refractivity contribution is -0.910. The van der Waals surface area contributed by atoms with Gasteiger partial charge in [0.05, 0.1) is 26.3 Å². The molecule has 7 nitrogen and oxygen atoms in total. The first-order valence-corrected chi connectivity index (χ1v) is 10.1. The van der Waals surface area contributed by atoms with Crippen molar-refractivity contribution in [2.75, 3.05) is 46.7 Å². The van der Waals surface area contributed by atoms with Gasteiger partial charge in [-0.25, -0.2) is 0 Å². The van der Waals surface area contributed by atoms with Crippen LogP contribution < -0.4 is 19.7 Å². The van der Waals surface area contributed by atoms with Crippen molar-refractivity contribution in [2.24, 2.45) is 0 Å². The molecule has 2 aromatic carbocycles. The summed E-state index contributed by atoms with van der Waals surface area (Å²) in [6.07, 6.45) is 2.04. The van der Waals surface area contributed by atoms with Crippen molar-refractivity contribution < 1.29 is 24.0 Å². The van der Waals surface area contributed by atoms with Gasteiger partial charge >= 0.3 is 0 Å². The molecular formula is C23H30N3O4+. The first kappa shape index (κ1) is 21.6. The minimum Gasteiger partial charge on any atom is -0.497 e. The zero-order chi connectivity index (χ0) is 21.7. The highest BCUT2D eigenvalue weighted by Gasteiger charge is 2.34. The van der Waals surface area contributed by atoms with E-state index in [4.69, 9.17) is 9.47 Å². The lowest BCUT2D eigenvalue weighted by Gasteiger charge is -2.23. The zero-order valence-electron chi connectivity index (χ0n) is 18.0. The zero-order valence-corrected chi connectivity index (χ0v) is 18.0. The number of ether oxygens (including phenoxy) is 2. The fraction of sp³-hybridized carbons (Fsp3) is 0.391. The first-order valence-electron chi connectivity index (χ1n) is 10.1. The summed E-state index contributed by atoms with van der Waals surface area (Å²) >= 11 is 0. The van der Waals surface area contributed by atoms with Gasteiger partial charge in [-0.3, -0.25) is 9.59 Å². The fourth-order valence-corrected chi connectivity index (χ4v) is 3.98. The van der Waals surface area contributed by atoms with Gasteiger partial charge in [0.1, 0.15) is 17.5 Å². The summed E-state index contributed by atoms with van der Waals surface area (Å²) in [6.45, 7) is 1.29. The molecule has 2 amide bonds. The number of rotatable bonds is 7. The summed E-state index contributed by atoms with van der Waals surface area (Å²) in [4.78, 5) is 27.4. The number of nitrogens with zero attached hydrogens (tertiary/aromatic N) is 1. The summed E-state index contributed by atoms with van der Waals surface area (Å²) in [5, 5.41) is 2.95. The number of benzene rings is 2. The van der Waals surface area contributed by atoms with Crippen molar-refractivity contribution in [1.82, 2.24) is 4.90 Å². The second-order valence-corrected chi connectivity index (χ2v) is 7.71. The standard InChI is InChI=1S/C23H29N3O4/c1-25(2)23(28)16-7-9-17(10-8-16)24-22(27)15-26-13-5-6-20(26)19-14-18(29-3)11-12-21(19)30-4/h7-12,14,20H,5-6,13,15H2,1-4H3,(H,24,27)/p+1/t20-/m0/s1. The Labute approximate surface area is 177 Å². The van der Waals surface area contributed by atoms with Gasteiger partial charge in [-0.15, -0.1) is 0 Å². The third kappa shape index (κ3) is 4.91. The van der Waals surface area contributed by atoms with Crippen LogP contribution in [0.3, 0.4) is 0 Å². The van der Waals surface area contributed by atoms with E-state index < -0.39 is 0 Å². The van der Waals surface area contributed by atoms with Gasteiger partial charge in [0.2, 0.25) is 0 Å². The Morgan fingerprint density at radius 3 is 2.47 bits per heavy atom. The molecular weight excluding hydrogens is 382 g/mol. The van der Waals surface area contributed by atoms with E-state index in [-0.39, 0.29) is 17.9 Å². The average molecular weight is 413 g/mol. The lowest BCUT2D eigenvalue weighted by Crippen LogP contribution is -3.11. The van der Waals surface area contributed by atoms with Crippen molar-refractivity contribution >= 4 is 17.5 Å². The van der Waals surface area contributed by atoms with E-state index in [0.29, 0.717) is 17.8 Å². The largest absolute Gasteiger partial charge is 0.497 e. The number of nitrogens with one attached hydrogen (secondary N) is 2. The van der Waals surface area contributed by atoms with Crippen molar-refractivity contribution in [3.8, 4) is 11.5 Å². The molecule has 1 aliphatic heterocycles. The molecule has 30 heavy (non-hydrogen) atoms. The number of hydrogen-bond donors (Lipinski definition) is 2. The summed E-state index contributed by atoms with van der Waals surface area (Å²) in [5.41, 5.74) is 2.35. The van der Waals surface area contributed by atoms with E-state index in [9.17, 15) is 9.59 Å². The first-order chi connectivity index (χ1) is 14.4. The third-order valence-corrected chi connectivity index (χ3v) is 5.51. The molecule has 1 fully saturated rings. The highest BCUT2D eigenvalue weighted by molar-refractivity contribution is 5.95. The van der Waals surface area contributed by atoms with Gasteiger partial charge in [-0.05, 0) is 42.5 Å². The molecule has 1 saturated heterocycles. The van der Waals surface area contributed by atoms with Gasteiger partial charge in [0, 0.05) is 38.2 Å². The Hall–Kier alpha value is -3.06. The summed E-state index contributed by atoms with van der Waals surface area (Å²) in [5.74, 6) is 1.49. The second kappa shape index (κ2) is 9.63. The smallest absolute Gasteiger partial charge is 0.279 e. The maximum Gasteiger partial charge on any atom is 0.279 e. The molecule has 0 aliphatic carbocycles. The van der Waals surface area contributed by atoms with Gasteiger partial charge in [-0.2, -0.15) is 0 Å². The molecule has 2 atom stereocenters. The van der Waals surface area contributed by atoms with E-state index in [0.717, 1.165) is 36.4 Å². The topological polar surface area (TPSA) is 72.3 Å². The SMILES string of the molecule is COc1ccc(OC)c([C@@H]2CCC[NH+]2CC(=O)Nc2ccc(C(=O)N(C)C)cc2)c1. The molecule has 0 spiro atoms. The normalized spacial score (nSPS) is 18.0. The van der Waals surface area contributed by atoms with Gasteiger partial charge in [-0.1, -0.05) is 0 Å². The molecule has 2 aromatic rings. The molecule has 1 aliphatic rings. The Morgan fingerprint density at radius 1 is 1.10 bits per heavy atom. The van der Waals surface area contributed by atoms with E-state index in [1.165, 1.54) is 9.80 Å².